The highest BCUT2D eigenvalue weighted by molar-refractivity contribution is 5.89. The van der Waals surface area contributed by atoms with Crippen molar-refractivity contribution in [3.63, 3.8) is 0 Å². The van der Waals surface area contributed by atoms with Crippen LogP contribution in [-0.4, -0.2) is 6.61 Å². The fourth-order valence-electron chi connectivity index (χ4n) is 5.24. The van der Waals surface area contributed by atoms with Gasteiger partial charge in [-0.1, -0.05) is 25.8 Å². The number of rotatable bonds is 7. The fraction of sp³-hybridized carbons (Fsp3) is 0.462. The second-order valence-electron chi connectivity index (χ2n) is 8.98. The van der Waals surface area contributed by atoms with E-state index < -0.39 is 36.0 Å². The molecule has 0 bridgehead atoms. The van der Waals surface area contributed by atoms with Gasteiger partial charge in [-0.25, -0.2) is 17.6 Å². The SMILES string of the molecule is CCCC1CCC(c2cc(F)c(C3=Cc4cc(C(F)F)c(OC(F)F)cc4C3)c(F)c2)CC1. The summed E-state index contributed by atoms with van der Waals surface area (Å²) in [5, 5.41) is 0. The van der Waals surface area contributed by atoms with Crippen LogP contribution in [0.25, 0.3) is 11.6 Å². The van der Waals surface area contributed by atoms with Gasteiger partial charge in [0, 0.05) is 5.56 Å². The van der Waals surface area contributed by atoms with E-state index in [1.54, 1.807) is 0 Å². The third-order valence-electron chi connectivity index (χ3n) is 6.83. The summed E-state index contributed by atoms with van der Waals surface area (Å²) in [5.74, 6) is -1.22. The Hall–Kier alpha value is -2.44. The lowest BCUT2D eigenvalue weighted by Gasteiger charge is -2.29. The van der Waals surface area contributed by atoms with Crippen LogP contribution in [0.1, 0.15) is 85.6 Å². The van der Waals surface area contributed by atoms with Crippen molar-refractivity contribution in [1.29, 1.82) is 0 Å². The summed E-state index contributed by atoms with van der Waals surface area (Å²) in [4.78, 5) is 0. The minimum Gasteiger partial charge on any atom is -0.434 e. The lowest BCUT2D eigenvalue weighted by molar-refractivity contribution is -0.0520. The molecule has 1 nitrogen and oxygen atoms in total. The molecule has 0 amide bonds. The number of alkyl halides is 4. The van der Waals surface area contributed by atoms with Crippen LogP contribution in [0, 0.1) is 17.6 Å². The number of hydrogen-bond acceptors (Lipinski definition) is 1. The van der Waals surface area contributed by atoms with E-state index in [1.807, 2.05) is 0 Å². The first-order chi connectivity index (χ1) is 15.8. The molecule has 2 aromatic rings. The molecule has 0 heterocycles. The van der Waals surface area contributed by atoms with Crippen molar-refractivity contribution in [2.45, 2.75) is 70.8 Å². The predicted molar refractivity (Wildman–Crippen MR) is 116 cm³/mol. The van der Waals surface area contributed by atoms with Gasteiger partial charge in [-0.2, -0.15) is 8.78 Å². The van der Waals surface area contributed by atoms with Gasteiger partial charge in [0.2, 0.25) is 0 Å². The molecular formula is C26H26F6O. The maximum absolute atomic E-state index is 15.1. The Morgan fingerprint density at radius 2 is 1.61 bits per heavy atom. The number of hydrogen-bond donors (Lipinski definition) is 0. The second-order valence-corrected chi connectivity index (χ2v) is 8.98. The van der Waals surface area contributed by atoms with Crippen LogP contribution in [0.5, 0.6) is 5.75 Å². The van der Waals surface area contributed by atoms with E-state index in [0.717, 1.165) is 44.2 Å². The zero-order valence-electron chi connectivity index (χ0n) is 18.3. The van der Waals surface area contributed by atoms with Crippen molar-refractivity contribution in [2.24, 2.45) is 5.92 Å². The minimum absolute atomic E-state index is 0.0355. The molecule has 0 unspecified atom stereocenters. The van der Waals surface area contributed by atoms with Crippen molar-refractivity contribution in [2.75, 3.05) is 0 Å². The molecule has 2 aliphatic rings. The molecule has 1 saturated carbocycles. The highest BCUT2D eigenvalue weighted by Crippen LogP contribution is 2.42. The average Bonchev–Trinajstić information content (AvgIpc) is 3.15. The lowest BCUT2D eigenvalue weighted by Crippen LogP contribution is -2.14. The molecule has 0 saturated heterocycles. The quantitative estimate of drug-likeness (QED) is 0.370. The highest BCUT2D eigenvalue weighted by Gasteiger charge is 2.28. The molecule has 1 fully saturated rings. The summed E-state index contributed by atoms with van der Waals surface area (Å²) in [5.41, 5.74) is 0.771. The molecule has 4 rings (SSSR count). The number of halogens is 6. The van der Waals surface area contributed by atoms with Crippen molar-refractivity contribution >= 4 is 11.6 Å². The predicted octanol–water partition coefficient (Wildman–Crippen LogP) is 8.67. The van der Waals surface area contributed by atoms with Gasteiger partial charge in [-0.3, -0.25) is 0 Å². The molecule has 178 valence electrons. The minimum atomic E-state index is -3.26. The number of benzene rings is 2. The van der Waals surface area contributed by atoms with Crippen LogP contribution in [0.15, 0.2) is 24.3 Å². The monoisotopic (exact) mass is 468 g/mol. The maximum Gasteiger partial charge on any atom is 0.387 e. The molecule has 0 aromatic heterocycles. The van der Waals surface area contributed by atoms with Crippen molar-refractivity contribution < 1.29 is 31.1 Å². The Morgan fingerprint density at radius 3 is 2.18 bits per heavy atom. The largest absolute Gasteiger partial charge is 0.434 e. The first kappa shape index (κ1) is 23.7. The zero-order chi connectivity index (χ0) is 23.7. The van der Waals surface area contributed by atoms with Gasteiger partial charge in [0.25, 0.3) is 6.43 Å². The van der Waals surface area contributed by atoms with Crippen LogP contribution in [-0.2, 0) is 6.42 Å². The summed E-state index contributed by atoms with van der Waals surface area (Å²) in [7, 11) is 0. The highest BCUT2D eigenvalue weighted by atomic mass is 19.3. The van der Waals surface area contributed by atoms with Crippen LogP contribution < -0.4 is 4.74 Å². The van der Waals surface area contributed by atoms with E-state index in [4.69, 9.17) is 0 Å². The molecular weight excluding hydrogens is 442 g/mol. The number of ether oxygens (including phenoxy) is 1. The molecule has 0 atom stereocenters. The first-order valence-electron chi connectivity index (χ1n) is 11.4. The Morgan fingerprint density at radius 1 is 0.939 bits per heavy atom. The summed E-state index contributed by atoms with van der Waals surface area (Å²) >= 11 is 0. The van der Waals surface area contributed by atoms with Gasteiger partial charge in [0.05, 0.1) is 5.56 Å². The molecule has 0 radical (unpaired) electrons. The van der Waals surface area contributed by atoms with Gasteiger partial charge in [0.1, 0.15) is 17.4 Å². The molecule has 7 heteroatoms. The Kier molecular flexibility index (Phi) is 7.05. The van der Waals surface area contributed by atoms with Crippen LogP contribution in [0.3, 0.4) is 0 Å². The summed E-state index contributed by atoms with van der Waals surface area (Å²) < 4.78 is 86.3. The van der Waals surface area contributed by atoms with Gasteiger partial charge in [-0.15, -0.1) is 0 Å². The van der Waals surface area contributed by atoms with E-state index in [0.29, 0.717) is 22.6 Å². The third kappa shape index (κ3) is 5.07. The van der Waals surface area contributed by atoms with E-state index in [9.17, 15) is 17.6 Å². The molecule has 2 aromatic carbocycles. The van der Waals surface area contributed by atoms with Gasteiger partial charge in [-0.05, 0) is 90.5 Å². The lowest BCUT2D eigenvalue weighted by atomic mass is 9.77. The van der Waals surface area contributed by atoms with Gasteiger partial charge in [0.15, 0.2) is 0 Å². The van der Waals surface area contributed by atoms with E-state index in [2.05, 4.69) is 11.7 Å². The van der Waals surface area contributed by atoms with Crippen LogP contribution >= 0.6 is 0 Å². The van der Waals surface area contributed by atoms with E-state index >= 15 is 8.78 Å². The second kappa shape index (κ2) is 9.82. The van der Waals surface area contributed by atoms with Crippen molar-refractivity contribution in [3.8, 4) is 5.75 Å². The average molecular weight is 468 g/mol. The van der Waals surface area contributed by atoms with E-state index in [1.165, 1.54) is 24.6 Å². The molecule has 33 heavy (non-hydrogen) atoms. The third-order valence-corrected chi connectivity index (χ3v) is 6.83. The van der Waals surface area contributed by atoms with Gasteiger partial charge >= 0.3 is 6.61 Å². The normalized spacial score (nSPS) is 20.3. The molecule has 2 aliphatic carbocycles. The van der Waals surface area contributed by atoms with Crippen molar-refractivity contribution in [3.05, 3.63) is 63.7 Å². The summed E-state index contributed by atoms with van der Waals surface area (Å²) in [6.07, 6.45) is 4.68. The van der Waals surface area contributed by atoms with E-state index in [-0.39, 0.29) is 23.5 Å². The topological polar surface area (TPSA) is 9.23 Å². The Balaban J connectivity index is 1.58. The smallest absolute Gasteiger partial charge is 0.387 e. The molecule has 0 aliphatic heterocycles. The van der Waals surface area contributed by atoms with Crippen molar-refractivity contribution in [1.82, 2.24) is 0 Å². The summed E-state index contributed by atoms with van der Waals surface area (Å²) in [6.45, 7) is -1.10. The number of fused-ring (bicyclic) bond motifs is 1. The van der Waals surface area contributed by atoms with Crippen LogP contribution in [0.2, 0.25) is 0 Å². The fourth-order valence-corrected chi connectivity index (χ4v) is 5.24. The first-order valence-corrected chi connectivity index (χ1v) is 11.4. The zero-order valence-corrected chi connectivity index (χ0v) is 18.3. The number of allylic oxidation sites excluding steroid dienone is 1. The van der Waals surface area contributed by atoms with Gasteiger partial charge < -0.3 is 4.74 Å². The van der Waals surface area contributed by atoms with Crippen LogP contribution in [0.4, 0.5) is 26.3 Å². The maximum atomic E-state index is 15.1. The Bertz CT molecular complexity index is 1010. The summed E-state index contributed by atoms with van der Waals surface area (Å²) in [6, 6.07) is 4.90. The molecule has 0 N–H and O–H groups in total. The molecule has 0 spiro atoms. The Labute approximate surface area is 189 Å². The standard InChI is InChI=1S/C26H26F6O/c1-2-3-14-4-6-15(7-5-14)18-11-21(27)24(22(28)12-18)19-8-16-10-20(25(29)30)23(33-26(31)32)13-17(16)9-19/h8,10-15,25-26H,2-7,9H2,1H3.